The third-order valence-corrected chi connectivity index (χ3v) is 2.22. The molecule has 5 nitrogen and oxygen atoms in total. The van der Waals surface area contributed by atoms with E-state index in [0.717, 1.165) is 31.9 Å². The summed E-state index contributed by atoms with van der Waals surface area (Å²) >= 11 is 0. The Morgan fingerprint density at radius 3 is 2.56 bits per heavy atom. The van der Waals surface area contributed by atoms with Crippen molar-refractivity contribution in [3.63, 3.8) is 0 Å². The standard InChI is InChI=1S/C11H19N5/c1-3-5-15(6-4-2)7-8-16-10-11(9-12)13-14-16/h3-4,10H,1-2,5-9,12H2. The van der Waals surface area contributed by atoms with Gasteiger partial charge in [0.05, 0.1) is 12.2 Å². The van der Waals surface area contributed by atoms with E-state index in [1.165, 1.54) is 0 Å². The fourth-order valence-corrected chi connectivity index (χ4v) is 1.41. The Morgan fingerprint density at radius 1 is 1.38 bits per heavy atom. The third-order valence-electron chi connectivity index (χ3n) is 2.22. The Hall–Kier alpha value is -1.46. The summed E-state index contributed by atoms with van der Waals surface area (Å²) in [6.07, 6.45) is 5.65. The van der Waals surface area contributed by atoms with Crippen LogP contribution in [0.2, 0.25) is 0 Å². The minimum absolute atomic E-state index is 0.434. The van der Waals surface area contributed by atoms with E-state index in [2.05, 4.69) is 28.4 Å². The normalized spacial score (nSPS) is 10.6. The quantitative estimate of drug-likeness (QED) is 0.646. The van der Waals surface area contributed by atoms with E-state index in [1.54, 1.807) is 4.68 Å². The number of nitrogens with two attached hydrogens (primary N) is 1. The summed E-state index contributed by atoms with van der Waals surface area (Å²) in [7, 11) is 0. The van der Waals surface area contributed by atoms with E-state index in [9.17, 15) is 0 Å². The lowest BCUT2D eigenvalue weighted by molar-refractivity contribution is 0.311. The van der Waals surface area contributed by atoms with Crippen LogP contribution in [0.3, 0.4) is 0 Å². The van der Waals surface area contributed by atoms with Crippen molar-refractivity contribution in [2.75, 3.05) is 19.6 Å². The second kappa shape index (κ2) is 6.92. The molecule has 1 rings (SSSR count). The molecule has 5 heteroatoms. The van der Waals surface area contributed by atoms with Crippen LogP contribution in [-0.2, 0) is 13.1 Å². The molecule has 0 fully saturated rings. The van der Waals surface area contributed by atoms with Crippen LogP contribution < -0.4 is 5.73 Å². The zero-order valence-electron chi connectivity index (χ0n) is 9.55. The van der Waals surface area contributed by atoms with Gasteiger partial charge in [0.1, 0.15) is 0 Å². The highest BCUT2D eigenvalue weighted by Crippen LogP contribution is 1.94. The fraction of sp³-hybridized carbons (Fsp3) is 0.455. The number of nitrogens with zero attached hydrogens (tertiary/aromatic N) is 4. The summed E-state index contributed by atoms with van der Waals surface area (Å²) in [4.78, 5) is 2.23. The van der Waals surface area contributed by atoms with Gasteiger partial charge in [0.2, 0.25) is 0 Å². The first-order valence-corrected chi connectivity index (χ1v) is 5.33. The molecule has 0 radical (unpaired) electrons. The van der Waals surface area contributed by atoms with E-state index in [0.29, 0.717) is 6.54 Å². The molecule has 0 atom stereocenters. The highest BCUT2D eigenvalue weighted by atomic mass is 15.4. The van der Waals surface area contributed by atoms with Gasteiger partial charge in [0.25, 0.3) is 0 Å². The van der Waals surface area contributed by atoms with Crippen LogP contribution in [0.4, 0.5) is 0 Å². The second-order valence-electron chi connectivity index (χ2n) is 3.51. The number of hydrogen-bond donors (Lipinski definition) is 1. The SMILES string of the molecule is C=CCN(CC=C)CCn1cc(CN)nn1. The molecule has 0 aliphatic rings. The molecule has 0 aromatic carbocycles. The van der Waals surface area contributed by atoms with Gasteiger partial charge in [-0.1, -0.05) is 17.4 Å². The van der Waals surface area contributed by atoms with Crippen LogP contribution in [0.25, 0.3) is 0 Å². The van der Waals surface area contributed by atoms with E-state index >= 15 is 0 Å². The minimum Gasteiger partial charge on any atom is -0.325 e. The van der Waals surface area contributed by atoms with Crippen LogP contribution in [-0.4, -0.2) is 39.5 Å². The molecule has 1 aromatic rings. The Labute approximate surface area is 96.2 Å². The first-order chi connectivity index (χ1) is 7.80. The first-order valence-electron chi connectivity index (χ1n) is 5.33. The lowest BCUT2D eigenvalue weighted by Gasteiger charge is -2.17. The summed E-state index contributed by atoms with van der Waals surface area (Å²) in [6.45, 7) is 11.3. The van der Waals surface area contributed by atoms with Crippen molar-refractivity contribution in [3.8, 4) is 0 Å². The van der Waals surface area contributed by atoms with Gasteiger partial charge in [-0.05, 0) is 0 Å². The largest absolute Gasteiger partial charge is 0.325 e. The number of rotatable bonds is 8. The van der Waals surface area contributed by atoms with Crippen molar-refractivity contribution in [1.82, 2.24) is 19.9 Å². The Morgan fingerprint density at radius 2 is 2.06 bits per heavy atom. The summed E-state index contributed by atoms with van der Waals surface area (Å²) in [5.74, 6) is 0. The summed E-state index contributed by atoms with van der Waals surface area (Å²) in [6, 6.07) is 0. The Bertz CT molecular complexity index is 321. The van der Waals surface area contributed by atoms with Crippen LogP contribution in [0, 0.1) is 0 Å². The highest BCUT2D eigenvalue weighted by Gasteiger charge is 2.02. The Balaban J connectivity index is 2.41. The van der Waals surface area contributed by atoms with E-state index in [1.807, 2.05) is 18.3 Å². The maximum Gasteiger partial charge on any atom is 0.0962 e. The zero-order chi connectivity index (χ0) is 11.8. The maximum absolute atomic E-state index is 5.46. The highest BCUT2D eigenvalue weighted by molar-refractivity contribution is 4.90. The average Bonchev–Trinajstić information content (AvgIpc) is 2.74. The molecular weight excluding hydrogens is 202 g/mol. The van der Waals surface area contributed by atoms with Crippen LogP contribution >= 0.6 is 0 Å². The number of aromatic nitrogens is 3. The van der Waals surface area contributed by atoms with Gasteiger partial charge in [-0.3, -0.25) is 9.58 Å². The molecular formula is C11H19N5. The van der Waals surface area contributed by atoms with Crippen LogP contribution in [0.15, 0.2) is 31.5 Å². The van der Waals surface area contributed by atoms with Gasteiger partial charge in [0.15, 0.2) is 0 Å². The molecule has 0 saturated heterocycles. The van der Waals surface area contributed by atoms with E-state index in [4.69, 9.17) is 5.73 Å². The molecule has 0 spiro atoms. The average molecular weight is 221 g/mol. The predicted molar refractivity (Wildman–Crippen MR) is 64.7 cm³/mol. The van der Waals surface area contributed by atoms with E-state index in [-0.39, 0.29) is 0 Å². The lowest BCUT2D eigenvalue weighted by Crippen LogP contribution is -2.28. The van der Waals surface area contributed by atoms with Crippen molar-refractivity contribution in [2.24, 2.45) is 5.73 Å². The summed E-state index contributed by atoms with van der Waals surface area (Å²) in [5, 5.41) is 7.92. The Kier molecular flexibility index (Phi) is 5.45. The molecule has 1 heterocycles. The monoisotopic (exact) mass is 221 g/mol. The lowest BCUT2D eigenvalue weighted by atomic mass is 10.4. The zero-order valence-corrected chi connectivity index (χ0v) is 9.55. The summed E-state index contributed by atoms with van der Waals surface area (Å²) in [5.41, 5.74) is 6.28. The second-order valence-corrected chi connectivity index (χ2v) is 3.51. The molecule has 1 aromatic heterocycles. The fourth-order valence-electron chi connectivity index (χ4n) is 1.41. The van der Waals surface area contributed by atoms with Crippen LogP contribution in [0.5, 0.6) is 0 Å². The van der Waals surface area contributed by atoms with Crippen molar-refractivity contribution >= 4 is 0 Å². The van der Waals surface area contributed by atoms with E-state index < -0.39 is 0 Å². The molecule has 16 heavy (non-hydrogen) atoms. The molecule has 0 unspecified atom stereocenters. The van der Waals surface area contributed by atoms with Gasteiger partial charge in [-0.15, -0.1) is 18.3 Å². The van der Waals surface area contributed by atoms with Crippen molar-refractivity contribution in [1.29, 1.82) is 0 Å². The smallest absolute Gasteiger partial charge is 0.0962 e. The summed E-state index contributed by atoms with van der Waals surface area (Å²) < 4.78 is 1.81. The third kappa shape index (κ3) is 3.96. The number of hydrogen-bond acceptors (Lipinski definition) is 4. The van der Waals surface area contributed by atoms with Gasteiger partial charge < -0.3 is 5.73 Å². The van der Waals surface area contributed by atoms with Gasteiger partial charge >= 0.3 is 0 Å². The van der Waals surface area contributed by atoms with Gasteiger partial charge in [-0.25, -0.2) is 0 Å². The molecule has 2 N–H and O–H groups in total. The van der Waals surface area contributed by atoms with Crippen molar-refractivity contribution in [3.05, 3.63) is 37.2 Å². The minimum atomic E-state index is 0.434. The topological polar surface area (TPSA) is 60.0 Å². The molecule has 88 valence electrons. The first kappa shape index (κ1) is 12.6. The van der Waals surface area contributed by atoms with Crippen LogP contribution in [0.1, 0.15) is 5.69 Å². The van der Waals surface area contributed by atoms with Gasteiger partial charge in [0, 0.05) is 32.4 Å². The molecule has 0 aliphatic heterocycles. The maximum atomic E-state index is 5.46. The predicted octanol–water partition coefficient (Wildman–Crippen LogP) is 0.411. The van der Waals surface area contributed by atoms with Gasteiger partial charge in [-0.2, -0.15) is 0 Å². The molecule has 0 bridgehead atoms. The molecule has 0 saturated carbocycles. The van der Waals surface area contributed by atoms with Crippen molar-refractivity contribution < 1.29 is 0 Å². The molecule has 0 aliphatic carbocycles. The van der Waals surface area contributed by atoms with Crippen molar-refractivity contribution in [2.45, 2.75) is 13.1 Å². The molecule has 0 amide bonds.